The fourth-order valence-electron chi connectivity index (χ4n) is 5.49. The van der Waals surface area contributed by atoms with Crippen molar-refractivity contribution in [2.24, 2.45) is 5.92 Å². The van der Waals surface area contributed by atoms with Gasteiger partial charge in [-0.1, -0.05) is 47.9 Å². The lowest BCUT2D eigenvalue weighted by molar-refractivity contribution is -0.659. The molecule has 43 heavy (non-hydrogen) atoms. The third kappa shape index (κ3) is 6.19. The number of nitrogens with zero attached hydrogens (tertiary/aromatic N) is 6. The Kier molecular flexibility index (Phi) is 8.02. The number of aromatic nitrogens is 7. The van der Waals surface area contributed by atoms with Gasteiger partial charge in [-0.3, -0.25) is 9.78 Å². The van der Waals surface area contributed by atoms with Gasteiger partial charge < -0.3 is 20.5 Å². The lowest BCUT2D eigenvalue weighted by atomic mass is 9.89. The SMILES string of the molecule is O=C(NC1CC(O)C1)c1ccc(-c2cn(C(CC3CC3)c3ccc(-c4cc(Cl)ccc4-[n+]4cnn[nH]4)cn3)cn2)cc1.[OH-]. The number of H-pyrrole nitrogens is 1. The summed E-state index contributed by atoms with van der Waals surface area (Å²) in [6, 6.07) is 17.4. The largest absolute Gasteiger partial charge is 0.870 e. The molecule has 1 atom stereocenters. The number of aliphatic hydroxyl groups excluding tert-OH is 1. The van der Waals surface area contributed by atoms with Gasteiger partial charge in [0.1, 0.15) is 10.8 Å². The van der Waals surface area contributed by atoms with Crippen molar-refractivity contribution in [3.8, 4) is 28.1 Å². The van der Waals surface area contributed by atoms with Crippen LogP contribution in [0.3, 0.4) is 0 Å². The predicted molar refractivity (Wildman–Crippen MR) is 158 cm³/mol. The van der Waals surface area contributed by atoms with E-state index >= 15 is 0 Å². The number of pyridine rings is 1. The van der Waals surface area contributed by atoms with Gasteiger partial charge >= 0.3 is 0 Å². The maximum Gasteiger partial charge on any atom is 0.293 e. The molecule has 0 aliphatic heterocycles. The molecular formula is C31H31ClN8O3. The number of carbonyl (C=O) groups excluding carboxylic acids is 1. The van der Waals surface area contributed by atoms with Crippen molar-refractivity contribution in [1.82, 2.24) is 35.4 Å². The van der Waals surface area contributed by atoms with Gasteiger partial charge in [-0.15, -0.1) is 4.68 Å². The molecule has 2 aliphatic carbocycles. The summed E-state index contributed by atoms with van der Waals surface area (Å²) in [5.74, 6) is 0.563. The minimum absolute atomic E-state index is 0. The summed E-state index contributed by atoms with van der Waals surface area (Å²) in [5, 5.41) is 23.6. The van der Waals surface area contributed by atoms with E-state index in [1.54, 1.807) is 11.0 Å². The van der Waals surface area contributed by atoms with Crippen LogP contribution >= 0.6 is 11.6 Å². The quantitative estimate of drug-likeness (QED) is 0.215. The van der Waals surface area contributed by atoms with Crippen molar-refractivity contribution < 1.29 is 20.1 Å². The zero-order chi connectivity index (χ0) is 28.6. The number of carbonyl (C=O) groups is 1. The molecule has 2 aliphatic rings. The van der Waals surface area contributed by atoms with E-state index in [1.165, 1.54) is 12.8 Å². The highest BCUT2D eigenvalue weighted by molar-refractivity contribution is 6.31. The molecule has 0 radical (unpaired) electrons. The number of aromatic amines is 1. The summed E-state index contributed by atoms with van der Waals surface area (Å²) in [6.07, 6.45) is 11.8. The van der Waals surface area contributed by atoms with E-state index in [9.17, 15) is 9.90 Å². The van der Waals surface area contributed by atoms with Crippen molar-refractivity contribution in [1.29, 1.82) is 0 Å². The van der Waals surface area contributed by atoms with Crippen molar-refractivity contribution in [2.45, 2.75) is 50.3 Å². The Hall–Kier alpha value is -4.45. The summed E-state index contributed by atoms with van der Waals surface area (Å²) in [5.41, 5.74) is 6.09. The van der Waals surface area contributed by atoms with Crippen LogP contribution in [0.25, 0.3) is 28.1 Å². The first-order valence-corrected chi connectivity index (χ1v) is 14.5. The lowest BCUT2D eigenvalue weighted by Gasteiger charge is -2.31. The number of imidazole rings is 1. The molecule has 12 heteroatoms. The van der Waals surface area contributed by atoms with Crippen LogP contribution in [-0.4, -0.2) is 58.7 Å². The van der Waals surface area contributed by atoms with E-state index in [2.05, 4.69) is 43.7 Å². The molecule has 2 aromatic carbocycles. The number of hydrogen-bond acceptors (Lipinski definition) is 7. The highest BCUT2D eigenvalue weighted by Crippen LogP contribution is 2.39. The van der Waals surface area contributed by atoms with Gasteiger partial charge in [-0.25, -0.2) is 4.98 Å². The number of benzene rings is 2. The molecule has 2 fully saturated rings. The minimum Gasteiger partial charge on any atom is -0.870 e. The van der Waals surface area contributed by atoms with E-state index in [0.717, 1.165) is 40.2 Å². The summed E-state index contributed by atoms with van der Waals surface area (Å²) in [7, 11) is 0. The molecule has 3 aromatic heterocycles. The van der Waals surface area contributed by atoms with Crippen LogP contribution in [0.2, 0.25) is 5.02 Å². The fourth-order valence-corrected chi connectivity index (χ4v) is 5.66. The number of halogens is 1. The van der Waals surface area contributed by atoms with Crippen LogP contribution in [0, 0.1) is 5.92 Å². The van der Waals surface area contributed by atoms with E-state index in [-0.39, 0.29) is 29.6 Å². The van der Waals surface area contributed by atoms with Crippen LogP contribution in [0.5, 0.6) is 0 Å². The van der Waals surface area contributed by atoms with Crippen molar-refractivity contribution in [3.05, 3.63) is 95.9 Å². The monoisotopic (exact) mass is 598 g/mol. The molecule has 0 spiro atoms. The van der Waals surface area contributed by atoms with E-state index in [4.69, 9.17) is 21.6 Å². The van der Waals surface area contributed by atoms with Gasteiger partial charge in [-0.2, -0.15) is 0 Å². The van der Waals surface area contributed by atoms with Crippen molar-refractivity contribution in [2.75, 3.05) is 0 Å². The minimum atomic E-state index is -0.301. The molecule has 7 rings (SSSR count). The third-order valence-corrected chi connectivity index (χ3v) is 8.38. The first kappa shape index (κ1) is 28.7. The molecule has 0 bridgehead atoms. The Morgan fingerprint density at radius 2 is 1.88 bits per heavy atom. The molecule has 5 aromatic rings. The number of hydrogen-bond donors (Lipinski definition) is 3. The topological polar surface area (TPSA) is 155 Å². The second-order valence-corrected chi connectivity index (χ2v) is 11.6. The molecule has 220 valence electrons. The Balaban J connectivity index is 0.00000329. The zero-order valence-corrected chi connectivity index (χ0v) is 24.0. The lowest BCUT2D eigenvalue weighted by Crippen LogP contribution is -2.46. The molecular weight excluding hydrogens is 568 g/mol. The molecule has 2 saturated carbocycles. The molecule has 11 nitrogen and oxygen atoms in total. The molecule has 3 heterocycles. The molecule has 1 amide bonds. The van der Waals surface area contributed by atoms with Gasteiger partial charge in [0.2, 0.25) is 0 Å². The Labute approximate surface area is 252 Å². The normalized spacial score (nSPS) is 18.4. The Morgan fingerprint density at radius 3 is 2.56 bits per heavy atom. The average molecular weight is 599 g/mol. The Morgan fingerprint density at radius 1 is 1.09 bits per heavy atom. The Bertz CT molecular complexity index is 1700. The number of nitrogens with one attached hydrogen (secondary N) is 2. The summed E-state index contributed by atoms with van der Waals surface area (Å²) in [6.45, 7) is 0. The van der Waals surface area contributed by atoms with Gasteiger partial charge in [0, 0.05) is 45.7 Å². The van der Waals surface area contributed by atoms with Crippen LogP contribution in [0.4, 0.5) is 0 Å². The number of aliphatic hydroxyl groups is 1. The van der Waals surface area contributed by atoms with E-state index in [0.29, 0.717) is 29.3 Å². The maximum atomic E-state index is 12.5. The fraction of sp³-hybridized carbons (Fsp3) is 0.290. The highest BCUT2D eigenvalue weighted by atomic mass is 35.5. The van der Waals surface area contributed by atoms with Crippen LogP contribution in [0.1, 0.15) is 54.2 Å². The van der Waals surface area contributed by atoms with Crippen molar-refractivity contribution >= 4 is 17.5 Å². The standard InChI is InChI=1S/C31H29ClN8O2.H2O/c32-23-8-10-29(40-18-35-37-38-40)26(12-23)22-7-9-27(33-15-22)30(11-19-1-2-19)39-16-28(34-17-39)20-3-5-21(6-4-20)31(42)36-24-13-25(41)14-24;/h3-10,12,15-19,24-25,30,41H,1-2,11,13-14H2,(H,36,42);1H2. The first-order valence-electron chi connectivity index (χ1n) is 14.2. The molecule has 0 saturated heterocycles. The van der Waals surface area contributed by atoms with Gasteiger partial charge in [0.25, 0.3) is 12.2 Å². The average Bonchev–Trinajstić information content (AvgIpc) is 3.41. The van der Waals surface area contributed by atoms with Gasteiger partial charge in [0.05, 0.1) is 29.9 Å². The number of tetrazole rings is 1. The van der Waals surface area contributed by atoms with E-state index in [1.807, 2.05) is 55.0 Å². The summed E-state index contributed by atoms with van der Waals surface area (Å²) in [4.78, 5) is 22.2. The second kappa shape index (κ2) is 12.0. The maximum absolute atomic E-state index is 12.5. The molecule has 4 N–H and O–H groups in total. The third-order valence-electron chi connectivity index (χ3n) is 8.14. The summed E-state index contributed by atoms with van der Waals surface area (Å²) < 4.78 is 3.89. The van der Waals surface area contributed by atoms with Crippen LogP contribution in [-0.2, 0) is 0 Å². The number of amides is 1. The smallest absolute Gasteiger partial charge is 0.293 e. The van der Waals surface area contributed by atoms with Crippen molar-refractivity contribution in [3.63, 3.8) is 0 Å². The van der Waals surface area contributed by atoms with E-state index < -0.39 is 0 Å². The van der Waals surface area contributed by atoms with Gasteiger partial charge in [-0.05, 0) is 61.6 Å². The summed E-state index contributed by atoms with van der Waals surface area (Å²) >= 11 is 6.35. The van der Waals surface area contributed by atoms with Crippen LogP contribution in [0.15, 0.2) is 79.6 Å². The second-order valence-electron chi connectivity index (χ2n) is 11.2. The first-order chi connectivity index (χ1) is 20.5. The van der Waals surface area contributed by atoms with Crippen LogP contribution < -0.4 is 10.00 Å². The molecule has 1 unspecified atom stereocenters. The number of rotatable bonds is 9. The van der Waals surface area contributed by atoms with Gasteiger partial charge in [0.15, 0.2) is 5.21 Å². The highest BCUT2D eigenvalue weighted by Gasteiger charge is 2.29. The predicted octanol–water partition coefficient (Wildman–Crippen LogP) is 4.13. The zero-order valence-electron chi connectivity index (χ0n) is 23.2.